The third-order valence-corrected chi connectivity index (χ3v) is 5.46. The summed E-state index contributed by atoms with van der Waals surface area (Å²) in [5.74, 6) is 0.104. The van der Waals surface area contributed by atoms with Crippen molar-refractivity contribution in [2.75, 3.05) is 18.1 Å². The smallest absolute Gasteiger partial charge is 0.330 e. The second-order valence-electron chi connectivity index (χ2n) is 6.97. The fraction of sp³-hybridized carbons (Fsp3) is 0.421. The summed E-state index contributed by atoms with van der Waals surface area (Å²) in [6, 6.07) is 9.38. The number of benzene rings is 1. The summed E-state index contributed by atoms with van der Waals surface area (Å²) in [6.07, 6.45) is 2.05. The zero-order valence-electron chi connectivity index (χ0n) is 15.3. The standard InChI is InChI=1S/C19H23N3O4S/c1-13(2)11-26-15-10-22(14-6-4-3-5-7-14)21-16(15)17(23)20-19(18(24)25)8-9-27-12-19/h3-7,10,13H,8-9,11-12H2,1-2H3,(H,20,23)(H,24,25). The Balaban J connectivity index is 1.90. The van der Waals surface area contributed by atoms with Gasteiger partial charge in [0.05, 0.1) is 18.5 Å². The molecular weight excluding hydrogens is 366 g/mol. The molecule has 1 saturated heterocycles. The fourth-order valence-corrected chi connectivity index (χ4v) is 4.08. The molecule has 3 rings (SSSR count). The van der Waals surface area contributed by atoms with Crippen molar-refractivity contribution >= 4 is 23.6 Å². The lowest BCUT2D eigenvalue weighted by Crippen LogP contribution is -2.54. The number of hydrogen-bond acceptors (Lipinski definition) is 5. The van der Waals surface area contributed by atoms with Gasteiger partial charge in [0.15, 0.2) is 11.4 Å². The summed E-state index contributed by atoms with van der Waals surface area (Å²) >= 11 is 1.51. The maximum absolute atomic E-state index is 12.9. The van der Waals surface area contributed by atoms with Crippen LogP contribution in [0.2, 0.25) is 0 Å². The lowest BCUT2D eigenvalue weighted by molar-refractivity contribution is -0.143. The van der Waals surface area contributed by atoms with Gasteiger partial charge in [-0.1, -0.05) is 32.0 Å². The molecular formula is C19H23N3O4S. The highest BCUT2D eigenvalue weighted by atomic mass is 32.2. The Bertz CT molecular complexity index is 814. The van der Waals surface area contributed by atoms with Crippen LogP contribution in [-0.2, 0) is 4.79 Å². The van der Waals surface area contributed by atoms with Gasteiger partial charge in [-0.25, -0.2) is 9.48 Å². The van der Waals surface area contributed by atoms with E-state index in [0.29, 0.717) is 30.3 Å². The van der Waals surface area contributed by atoms with Crippen molar-refractivity contribution in [2.45, 2.75) is 25.8 Å². The molecule has 1 fully saturated rings. The number of carbonyl (C=O) groups is 2. The molecule has 0 aliphatic carbocycles. The molecule has 1 atom stereocenters. The maximum Gasteiger partial charge on any atom is 0.330 e. The molecule has 2 N–H and O–H groups in total. The molecule has 7 nitrogen and oxygen atoms in total. The number of thioether (sulfide) groups is 1. The van der Waals surface area contributed by atoms with Gasteiger partial charge in [0.25, 0.3) is 5.91 Å². The fourth-order valence-electron chi connectivity index (χ4n) is 2.75. The van der Waals surface area contributed by atoms with Crippen molar-refractivity contribution in [2.24, 2.45) is 5.92 Å². The predicted molar refractivity (Wildman–Crippen MR) is 104 cm³/mol. The molecule has 1 unspecified atom stereocenters. The van der Waals surface area contributed by atoms with E-state index in [9.17, 15) is 14.7 Å². The van der Waals surface area contributed by atoms with Crippen LogP contribution < -0.4 is 10.1 Å². The molecule has 27 heavy (non-hydrogen) atoms. The van der Waals surface area contributed by atoms with Gasteiger partial charge in [-0.15, -0.1) is 0 Å². The first-order valence-corrected chi connectivity index (χ1v) is 9.98. The van der Waals surface area contributed by atoms with Gasteiger partial charge in [-0.05, 0) is 30.2 Å². The predicted octanol–water partition coefficient (Wildman–Crippen LogP) is 2.60. The lowest BCUT2D eigenvalue weighted by Gasteiger charge is -2.24. The molecule has 144 valence electrons. The number of hydrogen-bond donors (Lipinski definition) is 2. The summed E-state index contributed by atoms with van der Waals surface area (Å²) in [4.78, 5) is 24.6. The van der Waals surface area contributed by atoms with Crippen molar-refractivity contribution in [1.82, 2.24) is 15.1 Å². The number of para-hydroxylation sites is 1. The van der Waals surface area contributed by atoms with Gasteiger partial charge in [0.2, 0.25) is 0 Å². The van der Waals surface area contributed by atoms with Crippen LogP contribution in [0.25, 0.3) is 5.69 Å². The third kappa shape index (κ3) is 4.27. The average Bonchev–Trinajstić information content (AvgIpc) is 3.28. The molecule has 1 aliphatic heterocycles. The third-order valence-electron chi connectivity index (χ3n) is 4.27. The second kappa shape index (κ2) is 8.04. The van der Waals surface area contributed by atoms with E-state index in [2.05, 4.69) is 10.4 Å². The largest absolute Gasteiger partial charge is 0.489 e. The minimum Gasteiger partial charge on any atom is -0.489 e. The van der Waals surface area contributed by atoms with Gasteiger partial charge in [-0.3, -0.25) is 4.79 Å². The summed E-state index contributed by atoms with van der Waals surface area (Å²) in [7, 11) is 0. The van der Waals surface area contributed by atoms with E-state index in [1.54, 1.807) is 10.9 Å². The quantitative estimate of drug-likeness (QED) is 0.756. The van der Waals surface area contributed by atoms with Gasteiger partial charge in [0.1, 0.15) is 5.54 Å². The molecule has 0 bridgehead atoms. The van der Waals surface area contributed by atoms with Crippen molar-refractivity contribution in [3.8, 4) is 11.4 Å². The lowest BCUT2D eigenvalue weighted by atomic mass is 9.99. The van der Waals surface area contributed by atoms with Crippen LogP contribution in [0.5, 0.6) is 5.75 Å². The van der Waals surface area contributed by atoms with Crippen molar-refractivity contribution < 1.29 is 19.4 Å². The number of carboxylic acid groups (broad SMARTS) is 1. The van der Waals surface area contributed by atoms with Crippen molar-refractivity contribution in [3.63, 3.8) is 0 Å². The normalized spacial score (nSPS) is 19.2. The van der Waals surface area contributed by atoms with Crippen molar-refractivity contribution in [1.29, 1.82) is 0 Å². The second-order valence-corrected chi connectivity index (χ2v) is 8.08. The first kappa shape index (κ1) is 19.3. The van der Waals surface area contributed by atoms with E-state index >= 15 is 0 Å². The van der Waals surface area contributed by atoms with Crippen LogP contribution in [0.1, 0.15) is 30.8 Å². The molecule has 1 amide bonds. The molecule has 2 aromatic rings. The Labute approximate surface area is 162 Å². The van der Waals surface area contributed by atoms with E-state index in [4.69, 9.17) is 4.74 Å². The number of amides is 1. The summed E-state index contributed by atoms with van der Waals surface area (Å²) in [5.41, 5.74) is -0.375. The van der Waals surface area contributed by atoms with Crippen LogP contribution in [0, 0.1) is 5.92 Å². The highest BCUT2D eigenvalue weighted by Gasteiger charge is 2.44. The summed E-state index contributed by atoms with van der Waals surface area (Å²) in [5, 5.41) is 16.7. The van der Waals surface area contributed by atoms with Crippen molar-refractivity contribution in [3.05, 3.63) is 42.2 Å². The average molecular weight is 389 g/mol. The molecule has 2 heterocycles. The number of aromatic nitrogens is 2. The first-order valence-electron chi connectivity index (χ1n) is 8.83. The number of nitrogens with zero attached hydrogens (tertiary/aromatic N) is 2. The Morgan fingerprint density at radius 1 is 1.37 bits per heavy atom. The minimum absolute atomic E-state index is 0.0945. The van der Waals surface area contributed by atoms with E-state index in [1.807, 2.05) is 44.2 Å². The topological polar surface area (TPSA) is 93.5 Å². The Morgan fingerprint density at radius 2 is 2.11 bits per heavy atom. The van der Waals surface area contributed by atoms with Gasteiger partial charge < -0.3 is 15.2 Å². The highest BCUT2D eigenvalue weighted by Crippen LogP contribution is 2.29. The molecule has 0 spiro atoms. The zero-order chi connectivity index (χ0) is 19.4. The van der Waals surface area contributed by atoms with Gasteiger partial charge in [-0.2, -0.15) is 16.9 Å². The summed E-state index contributed by atoms with van der Waals surface area (Å²) < 4.78 is 7.35. The molecule has 8 heteroatoms. The minimum atomic E-state index is -1.26. The van der Waals surface area contributed by atoms with Gasteiger partial charge >= 0.3 is 5.97 Å². The zero-order valence-corrected chi connectivity index (χ0v) is 16.2. The molecule has 0 radical (unpaired) electrons. The number of carbonyl (C=O) groups excluding carboxylic acids is 1. The Morgan fingerprint density at radius 3 is 2.70 bits per heavy atom. The number of carboxylic acids is 1. The molecule has 1 aromatic heterocycles. The van der Waals surface area contributed by atoms with E-state index in [1.165, 1.54) is 11.8 Å². The molecule has 1 aromatic carbocycles. The van der Waals surface area contributed by atoms with E-state index in [-0.39, 0.29) is 11.6 Å². The number of rotatable bonds is 7. The highest BCUT2D eigenvalue weighted by molar-refractivity contribution is 7.99. The van der Waals surface area contributed by atoms with E-state index < -0.39 is 17.4 Å². The Kier molecular flexibility index (Phi) is 5.74. The number of nitrogens with one attached hydrogen (secondary N) is 1. The number of aliphatic carboxylic acids is 1. The van der Waals surface area contributed by atoms with E-state index in [0.717, 1.165) is 5.69 Å². The van der Waals surface area contributed by atoms with Crippen LogP contribution in [0.4, 0.5) is 0 Å². The van der Waals surface area contributed by atoms with Crippen LogP contribution in [0.3, 0.4) is 0 Å². The number of ether oxygens (including phenoxy) is 1. The SMILES string of the molecule is CC(C)COc1cn(-c2ccccc2)nc1C(=O)NC1(C(=O)O)CCSC1. The molecule has 1 aliphatic rings. The monoisotopic (exact) mass is 389 g/mol. The van der Waals surface area contributed by atoms with Crippen LogP contribution in [-0.4, -0.2) is 50.4 Å². The summed E-state index contributed by atoms with van der Waals surface area (Å²) in [6.45, 7) is 4.45. The first-order chi connectivity index (χ1) is 12.9. The van der Waals surface area contributed by atoms with Gasteiger partial charge in [0, 0.05) is 5.75 Å². The Hall–Kier alpha value is -2.48. The molecule has 0 saturated carbocycles. The van der Waals surface area contributed by atoms with Crippen LogP contribution in [0.15, 0.2) is 36.5 Å². The van der Waals surface area contributed by atoms with Crippen LogP contribution >= 0.6 is 11.8 Å². The maximum atomic E-state index is 12.9.